The maximum absolute atomic E-state index is 11.3. The van der Waals surface area contributed by atoms with Crippen molar-refractivity contribution in [2.75, 3.05) is 5.32 Å². The Kier molecular flexibility index (Phi) is 4.22. The summed E-state index contributed by atoms with van der Waals surface area (Å²) < 4.78 is 0. The molecule has 1 aliphatic carbocycles. The third kappa shape index (κ3) is 3.03. The molecule has 0 saturated carbocycles. The first-order chi connectivity index (χ1) is 10.6. The third-order valence-corrected chi connectivity index (χ3v) is 4.04. The maximum Gasteiger partial charge on any atom is 0.221 e. The average Bonchev–Trinajstić information content (AvgIpc) is 2.81. The largest absolute Gasteiger partial charge is 0.391 e. The van der Waals surface area contributed by atoms with Gasteiger partial charge < -0.3 is 15.7 Å². The SMILES string of the molecule is CC(=O)Nc1ccccc1CN[C@@H]1c2ccccc2C[C@@H]1O. The van der Waals surface area contributed by atoms with E-state index in [0.717, 1.165) is 16.8 Å². The van der Waals surface area contributed by atoms with Crippen molar-refractivity contribution >= 4 is 11.6 Å². The Morgan fingerprint density at radius 2 is 1.91 bits per heavy atom. The quantitative estimate of drug-likeness (QED) is 0.812. The van der Waals surface area contributed by atoms with Crippen LogP contribution in [0.15, 0.2) is 48.5 Å². The van der Waals surface area contributed by atoms with Crippen LogP contribution in [0.5, 0.6) is 0 Å². The number of hydrogen-bond donors (Lipinski definition) is 3. The normalized spacial score (nSPS) is 19.7. The molecule has 114 valence electrons. The molecule has 2 aromatic carbocycles. The predicted molar refractivity (Wildman–Crippen MR) is 86.5 cm³/mol. The smallest absolute Gasteiger partial charge is 0.221 e. The number of para-hydroxylation sites is 1. The van der Waals surface area contributed by atoms with Crippen LogP contribution in [0.25, 0.3) is 0 Å². The molecule has 1 aliphatic rings. The third-order valence-electron chi connectivity index (χ3n) is 4.04. The minimum Gasteiger partial charge on any atom is -0.391 e. The van der Waals surface area contributed by atoms with E-state index in [1.54, 1.807) is 0 Å². The number of aliphatic hydroxyl groups is 1. The summed E-state index contributed by atoms with van der Waals surface area (Å²) in [7, 11) is 0. The molecule has 3 N–H and O–H groups in total. The van der Waals surface area contributed by atoms with E-state index < -0.39 is 6.10 Å². The molecular formula is C18H20N2O2. The lowest BCUT2D eigenvalue weighted by molar-refractivity contribution is -0.114. The number of benzene rings is 2. The summed E-state index contributed by atoms with van der Waals surface area (Å²) in [6, 6.07) is 15.8. The van der Waals surface area contributed by atoms with Crippen molar-refractivity contribution in [2.24, 2.45) is 0 Å². The van der Waals surface area contributed by atoms with Crippen molar-refractivity contribution in [3.05, 3.63) is 65.2 Å². The summed E-state index contributed by atoms with van der Waals surface area (Å²) in [5, 5.41) is 16.5. The van der Waals surface area contributed by atoms with Gasteiger partial charge in [0.25, 0.3) is 0 Å². The van der Waals surface area contributed by atoms with Gasteiger partial charge in [0.05, 0.1) is 12.1 Å². The number of carbonyl (C=O) groups is 1. The summed E-state index contributed by atoms with van der Waals surface area (Å²) in [4.78, 5) is 11.3. The summed E-state index contributed by atoms with van der Waals surface area (Å²) in [5.74, 6) is -0.0845. The number of anilines is 1. The molecule has 1 amide bonds. The molecule has 2 aromatic rings. The second-order valence-corrected chi connectivity index (χ2v) is 5.67. The van der Waals surface area contributed by atoms with Gasteiger partial charge in [0, 0.05) is 25.6 Å². The first kappa shape index (κ1) is 14.8. The number of rotatable bonds is 4. The molecule has 0 spiro atoms. The molecule has 0 radical (unpaired) electrons. The van der Waals surface area contributed by atoms with E-state index in [1.165, 1.54) is 12.5 Å². The summed E-state index contributed by atoms with van der Waals surface area (Å²) in [6.07, 6.45) is 0.270. The molecule has 0 unspecified atom stereocenters. The van der Waals surface area contributed by atoms with Gasteiger partial charge in [0.2, 0.25) is 5.91 Å². The van der Waals surface area contributed by atoms with Crippen molar-refractivity contribution < 1.29 is 9.90 Å². The van der Waals surface area contributed by atoms with Gasteiger partial charge in [-0.3, -0.25) is 4.79 Å². The number of amides is 1. The van der Waals surface area contributed by atoms with Crippen LogP contribution in [0.3, 0.4) is 0 Å². The fourth-order valence-electron chi connectivity index (χ4n) is 3.03. The number of carbonyl (C=O) groups excluding carboxylic acids is 1. The van der Waals surface area contributed by atoms with Crippen molar-refractivity contribution in [1.29, 1.82) is 0 Å². The van der Waals surface area contributed by atoms with Crippen LogP contribution >= 0.6 is 0 Å². The Balaban J connectivity index is 1.75. The van der Waals surface area contributed by atoms with Crippen LogP contribution in [0.4, 0.5) is 5.69 Å². The van der Waals surface area contributed by atoms with Gasteiger partial charge in [0.1, 0.15) is 0 Å². The maximum atomic E-state index is 11.3. The average molecular weight is 296 g/mol. The lowest BCUT2D eigenvalue weighted by Crippen LogP contribution is -2.28. The first-order valence-corrected chi connectivity index (χ1v) is 7.50. The Morgan fingerprint density at radius 1 is 1.18 bits per heavy atom. The highest BCUT2D eigenvalue weighted by molar-refractivity contribution is 5.89. The Bertz CT molecular complexity index is 684. The fourth-order valence-corrected chi connectivity index (χ4v) is 3.03. The number of nitrogens with one attached hydrogen (secondary N) is 2. The Hall–Kier alpha value is -2.17. The second-order valence-electron chi connectivity index (χ2n) is 5.67. The Morgan fingerprint density at radius 3 is 2.73 bits per heavy atom. The van der Waals surface area contributed by atoms with Gasteiger partial charge in [0.15, 0.2) is 0 Å². The van der Waals surface area contributed by atoms with E-state index in [-0.39, 0.29) is 11.9 Å². The molecule has 0 fully saturated rings. The van der Waals surface area contributed by atoms with E-state index in [4.69, 9.17) is 0 Å². The highest BCUT2D eigenvalue weighted by Gasteiger charge is 2.30. The van der Waals surface area contributed by atoms with Crippen LogP contribution in [0, 0.1) is 0 Å². The molecule has 0 aliphatic heterocycles. The zero-order valence-electron chi connectivity index (χ0n) is 12.5. The van der Waals surface area contributed by atoms with Crippen molar-refractivity contribution in [1.82, 2.24) is 5.32 Å². The van der Waals surface area contributed by atoms with E-state index in [2.05, 4.69) is 22.8 Å². The lowest BCUT2D eigenvalue weighted by Gasteiger charge is -2.19. The predicted octanol–water partition coefficient (Wildman–Crippen LogP) is 2.39. The van der Waals surface area contributed by atoms with Gasteiger partial charge in [-0.05, 0) is 22.8 Å². The molecule has 3 rings (SSSR count). The van der Waals surface area contributed by atoms with Crippen molar-refractivity contribution in [2.45, 2.75) is 32.0 Å². The van der Waals surface area contributed by atoms with Gasteiger partial charge in [-0.2, -0.15) is 0 Å². The molecule has 2 atom stereocenters. The molecule has 0 saturated heterocycles. The number of hydrogen-bond acceptors (Lipinski definition) is 3. The lowest BCUT2D eigenvalue weighted by atomic mass is 10.1. The van der Waals surface area contributed by atoms with Crippen molar-refractivity contribution in [3.63, 3.8) is 0 Å². The van der Waals surface area contributed by atoms with E-state index in [9.17, 15) is 9.90 Å². The standard InChI is InChI=1S/C18H20N2O2/c1-12(21)20-16-9-5-3-7-14(16)11-19-18-15-8-4-2-6-13(15)10-17(18)22/h2-9,17-19,22H,10-11H2,1H3,(H,20,21)/t17-,18+/m0/s1. The van der Waals surface area contributed by atoms with Gasteiger partial charge in [-0.25, -0.2) is 0 Å². The van der Waals surface area contributed by atoms with Crippen LogP contribution in [0.1, 0.15) is 29.7 Å². The zero-order valence-corrected chi connectivity index (χ0v) is 12.5. The summed E-state index contributed by atoms with van der Waals surface area (Å²) in [5.41, 5.74) is 4.17. The molecule has 0 aromatic heterocycles. The highest BCUT2D eigenvalue weighted by Crippen LogP contribution is 2.31. The minimum atomic E-state index is -0.412. The topological polar surface area (TPSA) is 61.4 Å². The van der Waals surface area contributed by atoms with E-state index in [0.29, 0.717) is 13.0 Å². The summed E-state index contributed by atoms with van der Waals surface area (Å²) >= 11 is 0. The number of fused-ring (bicyclic) bond motifs is 1. The molecule has 4 nitrogen and oxygen atoms in total. The van der Waals surface area contributed by atoms with Crippen molar-refractivity contribution in [3.8, 4) is 0 Å². The van der Waals surface area contributed by atoms with Crippen LogP contribution in [-0.2, 0) is 17.8 Å². The monoisotopic (exact) mass is 296 g/mol. The van der Waals surface area contributed by atoms with Gasteiger partial charge in [-0.1, -0.05) is 42.5 Å². The number of aliphatic hydroxyl groups excluding tert-OH is 1. The van der Waals surface area contributed by atoms with Crippen LogP contribution in [-0.4, -0.2) is 17.1 Å². The summed E-state index contributed by atoms with van der Waals surface area (Å²) in [6.45, 7) is 2.09. The molecule has 22 heavy (non-hydrogen) atoms. The van der Waals surface area contributed by atoms with E-state index >= 15 is 0 Å². The van der Waals surface area contributed by atoms with Gasteiger partial charge in [-0.15, -0.1) is 0 Å². The van der Waals surface area contributed by atoms with Crippen LogP contribution in [0.2, 0.25) is 0 Å². The Labute approximate surface area is 130 Å². The molecule has 0 heterocycles. The second kappa shape index (κ2) is 6.30. The highest BCUT2D eigenvalue weighted by atomic mass is 16.3. The van der Waals surface area contributed by atoms with Crippen LogP contribution < -0.4 is 10.6 Å². The minimum absolute atomic E-state index is 0.0680. The molecule has 4 heteroatoms. The van der Waals surface area contributed by atoms with E-state index in [1.807, 2.05) is 36.4 Å². The zero-order chi connectivity index (χ0) is 15.5. The first-order valence-electron chi connectivity index (χ1n) is 7.50. The molecule has 0 bridgehead atoms. The molecular weight excluding hydrogens is 276 g/mol. The fraction of sp³-hybridized carbons (Fsp3) is 0.278. The van der Waals surface area contributed by atoms with Gasteiger partial charge >= 0.3 is 0 Å².